The molecule has 0 saturated heterocycles. The molecule has 0 saturated carbocycles. The number of H-pyrrole nitrogens is 1. The summed E-state index contributed by atoms with van der Waals surface area (Å²) in [6.45, 7) is 2.13. The van der Waals surface area contributed by atoms with Crippen LogP contribution in [0.2, 0.25) is 0 Å². The van der Waals surface area contributed by atoms with Crippen LogP contribution >= 0.6 is 0 Å². The molecule has 3 nitrogen and oxygen atoms in total. The normalized spacial score (nSPS) is 11.0. The summed E-state index contributed by atoms with van der Waals surface area (Å²) in [6, 6.07) is 25.5. The first-order valence-corrected chi connectivity index (χ1v) is 8.88. The quantitative estimate of drug-likeness (QED) is 0.305. The third-order valence-corrected chi connectivity index (χ3v) is 5.20. The van der Waals surface area contributed by atoms with Gasteiger partial charge in [0.2, 0.25) is 11.0 Å². The number of aromatic amines is 1. The fraction of sp³-hybridized carbons (Fsp3) is 0.0870. The average Bonchev–Trinajstić information content (AvgIpc) is 3.06. The van der Waals surface area contributed by atoms with Crippen molar-refractivity contribution in [3.63, 3.8) is 0 Å². The van der Waals surface area contributed by atoms with Gasteiger partial charge in [-0.05, 0) is 36.8 Å². The SMILES string of the molecule is Cc1ccccc1Nc1c2ccccc2[n+](C)c2c1[nH]c1ccccc12.[I-]. The van der Waals surface area contributed by atoms with Crippen LogP contribution in [0.1, 0.15) is 5.56 Å². The van der Waals surface area contributed by atoms with Crippen molar-refractivity contribution in [2.75, 3.05) is 5.32 Å². The molecule has 0 unspecified atom stereocenters. The summed E-state index contributed by atoms with van der Waals surface area (Å²) in [7, 11) is 2.14. The lowest BCUT2D eigenvalue weighted by Gasteiger charge is -2.12. The minimum Gasteiger partial charge on any atom is -1.00 e. The number of pyridine rings is 1. The molecule has 4 heteroatoms. The first-order chi connectivity index (χ1) is 12.7. The molecule has 2 heterocycles. The molecule has 0 aliphatic carbocycles. The predicted molar refractivity (Wildman–Crippen MR) is 109 cm³/mol. The Bertz CT molecular complexity index is 1290. The number of benzene rings is 3. The van der Waals surface area contributed by atoms with Crippen molar-refractivity contribution in [1.82, 2.24) is 4.98 Å². The second-order valence-corrected chi connectivity index (χ2v) is 6.79. The Balaban J connectivity index is 0.00000180. The number of nitrogens with one attached hydrogen (secondary N) is 2. The Labute approximate surface area is 175 Å². The van der Waals surface area contributed by atoms with Crippen molar-refractivity contribution < 1.29 is 28.5 Å². The maximum absolute atomic E-state index is 3.70. The Morgan fingerprint density at radius 3 is 2.30 bits per heavy atom. The molecule has 27 heavy (non-hydrogen) atoms. The number of anilines is 2. The zero-order valence-corrected chi connectivity index (χ0v) is 17.4. The van der Waals surface area contributed by atoms with E-state index in [1.165, 1.54) is 27.4 Å². The van der Waals surface area contributed by atoms with Gasteiger partial charge in [-0.15, -0.1) is 0 Å². The van der Waals surface area contributed by atoms with E-state index in [1.807, 2.05) is 0 Å². The number of hydrogen-bond donors (Lipinski definition) is 2. The Morgan fingerprint density at radius 1 is 0.815 bits per heavy atom. The molecule has 0 atom stereocenters. The van der Waals surface area contributed by atoms with Crippen LogP contribution in [0.25, 0.3) is 32.8 Å². The van der Waals surface area contributed by atoms with Gasteiger partial charge in [-0.25, -0.2) is 0 Å². The maximum atomic E-state index is 3.70. The average molecular weight is 465 g/mol. The summed E-state index contributed by atoms with van der Waals surface area (Å²) < 4.78 is 2.28. The lowest BCUT2D eigenvalue weighted by atomic mass is 10.1. The summed E-state index contributed by atoms with van der Waals surface area (Å²) in [6.07, 6.45) is 0. The highest BCUT2D eigenvalue weighted by molar-refractivity contribution is 6.13. The van der Waals surface area contributed by atoms with Crippen LogP contribution in [-0.2, 0) is 7.05 Å². The number of halogens is 1. The second-order valence-electron chi connectivity index (χ2n) is 6.79. The molecule has 2 aromatic heterocycles. The number of hydrogen-bond acceptors (Lipinski definition) is 1. The van der Waals surface area contributed by atoms with Crippen LogP contribution in [0, 0.1) is 6.92 Å². The van der Waals surface area contributed by atoms with Crippen LogP contribution in [0.3, 0.4) is 0 Å². The molecule has 0 spiro atoms. The summed E-state index contributed by atoms with van der Waals surface area (Å²) in [5.41, 5.74) is 8.20. The van der Waals surface area contributed by atoms with Crippen molar-refractivity contribution in [2.24, 2.45) is 7.05 Å². The lowest BCUT2D eigenvalue weighted by Crippen LogP contribution is -3.00. The molecule has 0 fully saturated rings. The van der Waals surface area contributed by atoms with Gasteiger partial charge in [0, 0.05) is 11.8 Å². The molecule has 3 aromatic carbocycles. The van der Waals surface area contributed by atoms with Gasteiger partial charge in [-0.3, -0.25) is 0 Å². The van der Waals surface area contributed by atoms with E-state index in [4.69, 9.17) is 0 Å². The smallest absolute Gasteiger partial charge is 0.240 e. The van der Waals surface area contributed by atoms with E-state index in [0.29, 0.717) is 0 Å². The van der Waals surface area contributed by atoms with Gasteiger partial charge >= 0.3 is 0 Å². The summed E-state index contributed by atoms with van der Waals surface area (Å²) >= 11 is 0. The highest BCUT2D eigenvalue weighted by Crippen LogP contribution is 2.35. The monoisotopic (exact) mass is 465 g/mol. The van der Waals surface area contributed by atoms with Gasteiger partial charge in [-0.1, -0.05) is 42.5 Å². The van der Waals surface area contributed by atoms with Gasteiger partial charge in [0.25, 0.3) is 0 Å². The third kappa shape index (κ3) is 2.75. The highest BCUT2D eigenvalue weighted by Gasteiger charge is 2.22. The minimum atomic E-state index is 0. The zero-order chi connectivity index (χ0) is 17.7. The van der Waals surface area contributed by atoms with E-state index < -0.39 is 0 Å². The van der Waals surface area contributed by atoms with E-state index in [-0.39, 0.29) is 24.0 Å². The molecule has 0 aliphatic rings. The van der Waals surface area contributed by atoms with Crippen molar-refractivity contribution in [2.45, 2.75) is 6.92 Å². The molecular weight excluding hydrogens is 445 g/mol. The van der Waals surface area contributed by atoms with E-state index in [0.717, 1.165) is 22.4 Å². The first kappa shape index (κ1) is 17.8. The van der Waals surface area contributed by atoms with Crippen LogP contribution < -0.4 is 33.9 Å². The van der Waals surface area contributed by atoms with Crippen molar-refractivity contribution >= 4 is 44.2 Å². The van der Waals surface area contributed by atoms with Crippen molar-refractivity contribution in [1.29, 1.82) is 0 Å². The molecule has 0 radical (unpaired) electrons. The summed E-state index contributed by atoms with van der Waals surface area (Å²) in [5.74, 6) is 0. The van der Waals surface area contributed by atoms with Gasteiger partial charge in [0.05, 0.1) is 22.0 Å². The van der Waals surface area contributed by atoms with Crippen LogP contribution in [0.4, 0.5) is 11.4 Å². The molecule has 0 amide bonds. The van der Waals surface area contributed by atoms with E-state index in [2.05, 4.69) is 102 Å². The fourth-order valence-corrected chi connectivity index (χ4v) is 3.87. The molecule has 5 rings (SSSR count). The number of rotatable bonds is 2. The van der Waals surface area contributed by atoms with Crippen molar-refractivity contribution in [3.05, 3.63) is 78.4 Å². The van der Waals surface area contributed by atoms with E-state index in [9.17, 15) is 0 Å². The first-order valence-electron chi connectivity index (χ1n) is 8.88. The molecule has 0 bridgehead atoms. The van der Waals surface area contributed by atoms with Crippen LogP contribution in [0.15, 0.2) is 72.8 Å². The van der Waals surface area contributed by atoms with Gasteiger partial charge in [-0.2, -0.15) is 4.57 Å². The van der Waals surface area contributed by atoms with Crippen LogP contribution in [-0.4, -0.2) is 4.98 Å². The molecule has 5 aromatic rings. The second kappa shape index (κ2) is 6.85. The summed E-state index contributed by atoms with van der Waals surface area (Å²) in [5, 5.41) is 6.15. The highest BCUT2D eigenvalue weighted by atomic mass is 127. The minimum absolute atomic E-state index is 0. The number of nitrogens with zero attached hydrogens (tertiary/aromatic N) is 1. The van der Waals surface area contributed by atoms with Crippen molar-refractivity contribution in [3.8, 4) is 0 Å². The predicted octanol–water partition coefficient (Wildman–Crippen LogP) is 2.35. The zero-order valence-electron chi connectivity index (χ0n) is 15.3. The molecule has 0 aliphatic heterocycles. The third-order valence-electron chi connectivity index (χ3n) is 5.20. The van der Waals surface area contributed by atoms with Gasteiger partial charge in [0.15, 0.2) is 0 Å². The van der Waals surface area contributed by atoms with Gasteiger partial charge < -0.3 is 34.3 Å². The maximum Gasteiger partial charge on any atom is 0.240 e. The number of aromatic nitrogens is 2. The van der Waals surface area contributed by atoms with E-state index in [1.54, 1.807) is 0 Å². The molecular formula is C23H20IN3. The number of fused-ring (bicyclic) bond motifs is 4. The van der Waals surface area contributed by atoms with E-state index >= 15 is 0 Å². The standard InChI is InChI=1S/C23H19N3.HI/c1-15-9-3-6-12-18(15)24-21-17-11-5-8-14-20(17)26(2)23-16-10-4-7-13-19(16)25-22(21)23;/h3-14H,1-2H3,(H,24,25);1H. The number of aryl methyl sites for hydroxylation is 2. The Morgan fingerprint density at radius 2 is 1.48 bits per heavy atom. The number of para-hydroxylation sites is 3. The molecule has 134 valence electrons. The largest absolute Gasteiger partial charge is 1.00 e. The Hall–Kier alpha value is -2.60. The lowest BCUT2D eigenvalue weighted by molar-refractivity contribution is -0.616. The summed E-state index contributed by atoms with van der Waals surface area (Å²) in [4.78, 5) is 3.64. The Kier molecular flexibility index (Phi) is 4.52. The fourth-order valence-electron chi connectivity index (χ4n) is 3.87. The topological polar surface area (TPSA) is 31.7 Å². The van der Waals surface area contributed by atoms with Gasteiger partial charge in [0.1, 0.15) is 12.6 Å². The molecule has 2 N–H and O–H groups in total. The van der Waals surface area contributed by atoms with Crippen LogP contribution in [0.5, 0.6) is 0 Å².